The molecule has 0 amide bonds. The number of benzene rings is 1. The number of rotatable bonds is 10. The molecule has 0 saturated carbocycles. The van der Waals surface area contributed by atoms with Crippen molar-refractivity contribution in [1.29, 1.82) is 0 Å². The quantitative estimate of drug-likeness (QED) is 0.667. The summed E-state index contributed by atoms with van der Waals surface area (Å²) in [5, 5.41) is 3.33. The van der Waals surface area contributed by atoms with Gasteiger partial charge in [0.05, 0.1) is 18.2 Å². The van der Waals surface area contributed by atoms with Crippen LogP contribution in [0.2, 0.25) is 0 Å². The largest absolute Gasteiger partial charge is 0.379 e. The van der Waals surface area contributed by atoms with Crippen molar-refractivity contribution in [2.24, 2.45) is 0 Å². The second kappa shape index (κ2) is 9.19. The lowest BCUT2D eigenvalue weighted by atomic mass is 10.0. The van der Waals surface area contributed by atoms with Crippen molar-refractivity contribution in [1.82, 2.24) is 5.32 Å². The van der Waals surface area contributed by atoms with E-state index < -0.39 is 0 Å². The van der Waals surface area contributed by atoms with Crippen molar-refractivity contribution in [3.8, 4) is 0 Å². The predicted octanol–water partition coefficient (Wildman–Crippen LogP) is 3.73. The van der Waals surface area contributed by atoms with E-state index >= 15 is 0 Å². The Balaban J connectivity index is 2.44. The molecule has 0 aliphatic heterocycles. The van der Waals surface area contributed by atoms with Crippen LogP contribution in [0, 0.1) is 0 Å². The highest BCUT2D eigenvalue weighted by Gasteiger charge is 2.16. The number of aryl methyl sites for hydroxylation is 1. The lowest BCUT2D eigenvalue weighted by Gasteiger charge is -2.23. The summed E-state index contributed by atoms with van der Waals surface area (Å²) in [5.41, 5.74) is 2.57. The van der Waals surface area contributed by atoms with Gasteiger partial charge in [0.2, 0.25) is 0 Å². The van der Waals surface area contributed by atoms with E-state index in [1.807, 2.05) is 7.05 Å². The maximum atomic E-state index is 5.81. The molecule has 1 rings (SSSR count). The smallest absolute Gasteiger partial charge is 0.0661 e. The van der Waals surface area contributed by atoms with Crippen LogP contribution in [0.1, 0.15) is 50.8 Å². The average molecular weight is 293 g/mol. The number of hydrogen-bond acceptors (Lipinski definition) is 3. The summed E-state index contributed by atoms with van der Waals surface area (Å²) in [6, 6.07) is 9.09. The van der Waals surface area contributed by atoms with Crippen molar-refractivity contribution in [2.75, 3.05) is 27.4 Å². The van der Waals surface area contributed by atoms with Gasteiger partial charge < -0.3 is 14.8 Å². The Hall–Kier alpha value is -0.900. The summed E-state index contributed by atoms with van der Waals surface area (Å²) in [7, 11) is 3.72. The van der Waals surface area contributed by atoms with Crippen molar-refractivity contribution >= 4 is 0 Å². The first kappa shape index (κ1) is 18.1. The Bertz CT molecular complexity index is 387. The van der Waals surface area contributed by atoms with Crippen molar-refractivity contribution in [3.63, 3.8) is 0 Å². The third-order valence-electron chi connectivity index (χ3n) is 3.95. The van der Waals surface area contributed by atoms with E-state index in [0.29, 0.717) is 13.2 Å². The van der Waals surface area contributed by atoms with Crippen LogP contribution < -0.4 is 5.32 Å². The zero-order valence-electron chi connectivity index (χ0n) is 14.2. The summed E-state index contributed by atoms with van der Waals surface area (Å²) in [4.78, 5) is 0. The van der Waals surface area contributed by atoms with Gasteiger partial charge in [-0.1, -0.05) is 37.6 Å². The number of methoxy groups -OCH3 is 1. The molecule has 1 N–H and O–H groups in total. The van der Waals surface area contributed by atoms with Crippen LogP contribution >= 0.6 is 0 Å². The Morgan fingerprint density at radius 1 is 1.19 bits per heavy atom. The van der Waals surface area contributed by atoms with Crippen LogP contribution in [0.25, 0.3) is 0 Å². The topological polar surface area (TPSA) is 30.5 Å². The summed E-state index contributed by atoms with van der Waals surface area (Å²) in [5.74, 6) is 0. The molecule has 1 aromatic rings. The molecule has 0 aliphatic rings. The van der Waals surface area contributed by atoms with E-state index in [-0.39, 0.29) is 11.6 Å². The Morgan fingerprint density at radius 3 is 2.38 bits per heavy atom. The van der Waals surface area contributed by atoms with E-state index in [2.05, 4.69) is 50.4 Å². The first-order valence-electron chi connectivity index (χ1n) is 7.91. The SMILES string of the molecule is CCCc1ccc(C(COCCC(C)(C)OC)NC)cc1. The van der Waals surface area contributed by atoms with Crippen LogP contribution in [0.15, 0.2) is 24.3 Å². The summed E-state index contributed by atoms with van der Waals surface area (Å²) in [6.07, 6.45) is 3.23. The standard InChI is InChI=1S/C18H31NO2/c1-6-7-15-8-10-16(11-9-15)17(19-4)14-21-13-12-18(2,3)20-5/h8-11,17,19H,6-7,12-14H2,1-5H3. The van der Waals surface area contributed by atoms with Crippen molar-refractivity contribution < 1.29 is 9.47 Å². The van der Waals surface area contributed by atoms with E-state index in [1.165, 1.54) is 17.5 Å². The highest BCUT2D eigenvalue weighted by molar-refractivity contribution is 5.25. The third kappa shape index (κ3) is 6.60. The Labute approximate surface area is 130 Å². The molecule has 0 saturated heterocycles. The van der Waals surface area contributed by atoms with Gasteiger partial charge in [-0.15, -0.1) is 0 Å². The third-order valence-corrected chi connectivity index (χ3v) is 3.95. The molecule has 120 valence electrons. The molecular weight excluding hydrogens is 262 g/mol. The monoisotopic (exact) mass is 293 g/mol. The second-order valence-electron chi connectivity index (χ2n) is 6.12. The first-order chi connectivity index (χ1) is 10.0. The molecule has 21 heavy (non-hydrogen) atoms. The molecule has 0 heterocycles. The van der Waals surface area contributed by atoms with Gasteiger partial charge in [-0.3, -0.25) is 0 Å². The molecule has 3 nitrogen and oxygen atoms in total. The maximum Gasteiger partial charge on any atom is 0.0661 e. The first-order valence-corrected chi connectivity index (χ1v) is 7.91. The molecule has 1 atom stereocenters. The van der Waals surface area contributed by atoms with Gasteiger partial charge in [-0.2, -0.15) is 0 Å². The van der Waals surface area contributed by atoms with Gasteiger partial charge in [-0.25, -0.2) is 0 Å². The predicted molar refractivity (Wildman–Crippen MR) is 88.8 cm³/mol. The van der Waals surface area contributed by atoms with Crippen molar-refractivity contribution in [2.45, 2.75) is 51.7 Å². The number of hydrogen-bond donors (Lipinski definition) is 1. The van der Waals surface area contributed by atoms with E-state index in [4.69, 9.17) is 9.47 Å². The summed E-state index contributed by atoms with van der Waals surface area (Å²) < 4.78 is 11.2. The molecule has 0 aromatic heterocycles. The minimum Gasteiger partial charge on any atom is -0.379 e. The van der Waals surface area contributed by atoms with Gasteiger partial charge in [0.15, 0.2) is 0 Å². The van der Waals surface area contributed by atoms with Crippen LogP contribution in [0.4, 0.5) is 0 Å². The lowest BCUT2D eigenvalue weighted by Crippen LogP contribution is -2.26. The maximum absolute atomic E-state index is 5.81. The number of likely N-dealkylation sites (N-methyl/N-ethyl adjacent to an activating group) is 1. The molecule has 0 radical (unpaired) electrons. The molecule has 1 aromatic carbocycles. The normalized spacial score (nSPS) is 13.4. The fourth-order valence-corrected chi connectivity index (χ4v) is 2.17. The molecule has 1 unspecified atom stereocenters. The van der Waals surface area contributed by atoms with Crippen LogP contribution in [-0.2, 0) is 15.9 Å². The molecule has 0 fully saturated rings. The minimum absolute atomic E-state index is 0.114. The molecular formula is C18H31NO2. The second-order valence-corrected chi connectivity index (χ2v) is 6.12. The van der Waals surface area contributed by atoms with E-state index in [1.54, 1.807) is 7.11 Å². The molecule has 0 bridgehead atoms. The van der Waals surface area contributed by atoms with Gasteiger partial charge in [0.1, 0.15) is 0 Å². The van der Waals surface area contributed by atoms with E-state index in [0.717, 1.165) is 12.8 Å². The highest BCUT2D eigenvalue weighted by Crippen LogP contribution is 2.17. The van der Waals surface area contributed by atoms with Crippen LogP contribution in [-0.4, -0.2) is 33.0 Å². The molecule has 0 spiro atoms. The fraction of sp³-hybridized carbons (Fsp3) is 0.667. The zero-order valence-corrected chi connectivity index (χ0v) is 14.2. The Morgan fingerprint density at radius 2 is 1.86 bits per heavy atom. The molecule has 0 aliphatic carbocycles. The van der Waals surface area contributed by atoms with Crippen LogP contribution in [0.5, 0.6) is 0 Å². The molecule has 3 heteroatoms. The Kier molecular flexibility index (Phi) is 7.94. The zero-order chi connectivity index (χ0) is 15.7. The number of ether oxygens (including phenoxy) is 2. The fourth-order valence-electron chi connectivity index (χ4n) is 2.17. The minimum atomic E-state index is -0.114. The van der Waals surface area contributed by atoms with Gasteiger partial charge >= 0.3 is 0 Å². The van der Waals surface area contributed by atoms with Gasteiger partial charge in [-0.05, 0) is 44.9 Å². The highest BCUT2D eigenvalue weighted by atomic mass is 16.5. The van der Waals surface area contributed by atoms with Gasteiger partial charge in [0.25, 0.3) is 0 Å². The van der Waals surface area contributed by atoms with Crippen LogP contribution in [0.3, 0.4) is 0 Å². The summed E-state index contributed by atoms with van der Waals surface area (Å²) >= 11 is 0. The van der Waals surface area contributed by atoms with Gasteiger partial charge in [0, 0.05) is 13.7 Å². The van der Waals surface area contributed by atoms with Crippen molar-refractivity contribution in [3.05, 3.63) is 35.4 Å². The van der Waals surface area contributed by atoms with E-state index in [9.17, 15) is 0 Å². The number of nitrogens with one attached hydrogen (secondary N) is 1. The lowest BCUT2D eigenvalue weighted by molar-refractivity contribution is -0.0122. The average Bonchev–Trinajstić information content (AvgIpc) is 2.49. The summed E-state index contributed by atoms with van der Waals surface area (Å²) in [6.45, 7) is 7.77.